The second kappa shape index (κ2) is 8.75. The van der Waals surface area contributed by atoms with E-state index in [0.717, 1.165) is 17.7 Å². The number of halogens is 3. The molecule has 1 saturated heterocycles. The first kappa shape index (κ1) is 23.7. The van der Waals surface area contributed by atoms with Crippen molar-refractivity contribution < 1.29 is 27.9 Å². The van der Waals surface area contributed by atoms with E-state index in [0.29, 0.717) is 37.0 Å². The van der Waals surface area contributed by atoms with Crippen molar-refractivity contribution in [1.29, 1.82) is 0 Å². The number of aromatic nitrogens is 2. The number of aliphatic hydroxyl groups excluding tert-OH is 1. The van der Waals surface area contributed by atoms with Crippen LogP contribution in [0.15, 0.2) is 42.5 Å². The number of imidazole rings is 1. The highest BCUT2D eigenvalue weighted by atomic mass is 19.4. The number of benzene rings is 2. The number of fused-ring (bicyclic) bond motifs is 1. The number of likely N-dealkylation sites (N-methyl/N-ethyl adjacent to an activating group) is 1. The largest absolute Gasteiger partial charge is 0.416 e. The zero-order valence-electron chi connectivity index (χ0n) is 18.8. The molecule has 2 N–H and O–H groups in total. The molecule has 10 heteroatoms. The average Bonchev–Trinajstić information content (AvgIpc) is 3.28. The van der Waals surface area contributed by atoms with Gasteiger partial charge in [0.05, 0.1) is 22.0 Å². The molecular formula is C24H25F3N4O3. The van der Waals surface area contributed by atoms with Crippen LogP contribution in [0.2, 0.25) is 0 Å². The number of carbonyl (C=O) groups excluding carboxylic acids is 2. The second-order valence-corrected chi connectivity index (χ2v) is 8.71. The number of amides is 2. The summed E-state index contributed by atoms with van der Waals surface area (Å²) in [7, 11) is 1.76. The highest BCUT2D eigenvalue weighted by molar-refractivity contribution is 6.04. The topological polar surface area (TPSA) is 87.5 Å². The lowest BCUT2D eigenvalue weighted by Gasteiger charge is -2.22. The summed E-state index contributed by atoms with van der Waals surface area (Å²) in [6.45, 7) is 2.79. The Bertz CT molecular complexity index is 1250. The van der Waals surface area contributed by atoms with E-state index in [-0.39, 0.29) is 24.0 Å². The SMILES string of the molecule is CN1CCC(C)(c2ccc3c(c2)nc(NC(=O)c2cccc(C(F)(F)F)c2)n3CCCO)C1=O. The van der Waals surface area contributed by atoms with E-state index in [9.17, 15) is 27.9 Å². The van der Waals surface area contributed by atoms with Gasteiger partial charge in [-0.3, -0.25) is 14.9 Å². The Morgan fingerprint density at radius 1 is 1.24 bits per heavy atom. The van der Waals surface area contributed by atoms with Crippen LogP contribution in [0.5, 0.6) is 0 Å². The molecule has 1 fully saturated rings. The van der Waals surface area contributed by atoms with E-state index >= 15 is 0 Å². The summed E-state index contributed by atoms with van der Waals surface area (Å²) in [6, 6.07) is 9.64. The summed E-state index contributed by atoms with van der Waals surface area (Å²) in [5.74, 6) is -0.556. The van der Waals surface area contributed by atoms with Crippen molar-refractivity contribution in [2.24, 2.45) is 0 Å². The van der Waals surface area contributed by atoms with Gasteiger partial charge in [0.15, 0.2) is 0 Å². The lowest BCUT2D eigenvalue weighted by atomic mass is 9.81. The summed E-state index contributed by atoms with van der Waals surface area (Å²) in [4.78, 5) is 31.7. The number of likely N-dealkylation sites (tertiary alicyclic amines) is 1. The summed E-state index contributed by atoms with van der Waals surface area (Å²) >= 11 is 0. The van der Waals surface area contributed by atoms with Gasteiger partial charge >= 0.3 is 6.18 Å². The first-order valence-corrected chi connectivity index (χ1v) is 10.9. The molecular weight excluding hydrogens is 449 g/mol. The number of alkyl halides is 3. The van der Waals surface area contributed by atoms with Crippen LogP contribution in [0.25, 0.3) is 11.0 Å². The standard InChI is InChI=1S/C24H25F3N4O3/c1-23(9-11-30(2)21(23)34)16-7-8-19-18(14-16)28-22(31(19)10-4-12-32)29-20(33)15-5-3-6-17(13-15)24(25,26)27/h3,5-8,13-14,32H,4,9-12H2,1-2H3,(H,28,29,33). The minimum absolute atomic E-state index is 0.0182. The maximum absolute atomic E-state index is 13.1. The van der Waals surface area contributed by atoms with Gasteiger partial charge in [-0.2, -0.15) is 13.2 Å². The number of aliphatic hydroxyl groups is 1. The zero-order valence-corrected chi connectivity index (χ0v) is 18.8. The highest BCUT2D eigenvalue weighted by Crippen LogP contribution is 2.36. The molecule has 2 heterocycles. The number of hydrogen-bond donors (Lipinski definition) is 2. The van der Waals surface area contributed by atoms with Gasteiger partial charge in [0.2, 0.25) is 11.9 Å². The first-order valence-electron chi connectivity index (χ1n) is 10.9. The summed E-state index contributed by atoms with van der Waals surface area (Å²) in [5, 5.41) is 11.9. The third kappa shape index (κ3) is 4.25. The predicted molar refractivity (Wildman–Crippen MR) is 120 cm³/mol. The molecule has 1 atom stereocenters. The van der Waals surface area contributed by atoms with Crippen LogP contribution in [0, 0.1) is 0 Å². The fourth-order valence-electron chi connectivity index (χ4n) is 4.32. The maximum Gasteiger partial charge on any atom is 0.416 e. The Kier molecular flexibility index (Phi) is 6.11. The molecule has 0 bridgehead atoms. The fourth-order valence-corrected chi connectivity index (χ4v) is 4.32. The van der Waals surface area contributed by atoms with Crippen molar-refractivity contribution in [2.45, 2.75) is 37.9 Å². The molecule has 1 aromatic heterocycles. The summed E-state index contributed by atoms with van der Waals surface area (Å²) in [5.41, 5.74) is 0.273. The van der Waals surface area contributed by atoms with Crippen molar-refractivity contribution in [3.63, 3.8) is 0 Å². The number of nitrogens with one attached hydrogen (secondary N) is 1. The molecule has 2 amide bonds. The number of rotatable bonds is 6. The van der Waals surface area contributed by atoms with Gasteiger partial charge in [-0.25, -0.2) is 4.98 Å². The number of carbonyl (C=O) groups is 2. The van der Waals surface area contributed by atoms with E-state index in [4.69, 9.17) is 0 Å². The Balaban J connectivity index is 1.70. The van der Waals surface area contributed by atoms with E-state index in [1.54, 1.807) is 16.5 Å². The molecule has 7 nitrogen and oxygen atoms in total. The molecule has 0 aliphatic carbocycles. The van der Waals surface area contributed by atoms with Crippen molar-refractivity contribution >= 4 is 28.8 Å². The Morgan fingerprint density at radius 3 is 2.65 bits per heavy atom. The highest BCUT2D eigenvalue weighted by Gasteiger charge is 2.42. The molecule has 4 rings (SSSR count). The fraction of sp³-hybridized carbons (Fsp3) is 0.375. The van der Waals surface area contributed by atoms with E-state index in [1.807, 2.05) is 25.1 Å². The molecule has 2 aromatic carbocycles. The zero-order chi connectivity index (χ0) is 24.7. The van der Waals surface area contributed by atoms with Crippen molar-refractivity contribution in [1.82, 2.24) is 14.5 Å². The van der Waals surface area contributed by atoms with Crippen LogP contribution in [0.1, 0.15) is 41.3 Å². The minimum Gasteiger partial charge on any atom is -0.396 e. The van der Waals surface area contributed by atoms with Gasteiger partial charge in [-0.1, -0.05) is 12.1 Å². The molecule has 3 aromatic rings. The van der Waals surface area contributed by atoms with Crippen molar-refractivity contribution in [3.05, 3.63) is 59.2 Å². The normalized spacial score (nSPS) is 18.6. The van der Waals surface area contributed by atoms with Gasteiger partial charge in [0, 0.05) is 32.3 Å². The van der Waals surface area contributed by atoms with Crippen LogP contribution in [-0.4, -0.2) is 51.6 Å². The first-order chi connectivity index (χ1) is 16.0. The number of anilines is 1. The smallest absolute Gasteiger partial charge is 0.396 e. The van der Waals surface area contributed by atoms with Gasteiger partial charge in [0.25, 0.3) is 5.91 Å². The molecule has 0 radical (unpaired) electrons. The predicted octanol–water partition coefficient (Wildman–Crippen LogP) is 3.81. The maximum atomic E-state index is 13.1. The average molecular weight is 474 g/mol. The number of aryl methyl sites for hydroxylation is 1. The molecule has 180 valence electrons. The van der Waals surface area contributed by atoms with Crippen LogP contribution in [0.3, 0.4) is 0 Å². The molecule has 1 unspecified atom stereocenters. The van der Waals surface area contributed by atoms with Gasteiger partial charge < -0.3 is 14.6 Å². The van der Waals surface area contributed by atoms with Gasteiger partial charge in [-0.15, -0.1) is 0 Å². The monoisotopic (exact) mass is 474 g/mol. The summed E-state index contributed by atoms with van der Waals surface area (Å²) < 4.78 is 40.9. The molecule has 0 saturated carbocycles. The van der Waals surface area contributed by atoms with Crippen LogP contribution in [-0.2, 0) is 22.9 Å². The van der Waals surface area contributed by atoms with Gasteiger partial charge in [0.1, 0.15) is 0 Å². The third-order valence-electron chi connectivity index (χ3n) is 6.37. The lowest BCUT2D eigenvalue weighted by molar-refractivity contribution is -0.137. The Labute approximate surface area is 194 Å². The van der Waals surface area contributed by atoms with Crippen LogP contribution in [0.4, 0.5) is 19.1 Å². The third-order valence-corrected chi connectivity index (χ3v) is 6.37. The summed E-state index contributed by atoms with van der Waals surface area (Å²) in [6.07, 6.45) is -3.51. The molecule has 1 aliphatic heterocycles. The molecule has 1 aliphatic rings. The quantitative estimate of drug-likeness (QED) is 0.569. The minimum atomic E-state index is -4.57. The number of hydrogen-bond acceptors (Lipinski definition) is 4. The van der Waals surface area contributed by atoms with Gasteiger partial charge in [-0.05, 0) is 55.7 Å². The molecule has 0 spiro atoms. The van der Waals surface area contributed by atoms with Crippen molar-refractivity contribution in [2.75, 3.05) is 25.5 Å². The Hall–Kier alpha value is -3.40. The molecule has 34 heavy (non-hydrogen) atoms. The van der Waals surface area contributed by atoms with Crippen LogP contribution < -0.4 is 5.32 Å². The lowest BCUT2D eigenvalue weighted by Crippen LogP contribution is -2.33. The van der Waals surface area contributed by atoms with Crippen molar-refractivity contribution in [3.8, 4) is 0 Å². The van der Waals surface area contributed by atoms with E-state index < -0.39 is 23.1 Å². The Morgan fingerprint density at radius 2 is 2.00 bits per heavy atom. The second-order valence-electron chi connectivity index (χ2n) is 8.71. The van der Waals surface area contributed by atoms with E-state index in [2.05, 4.69) is 10.3 Å². The van der Waals surface area contributed by atoms with Crippen LogP contribution >= 0.6 is 0 Å². The van der Waals surface area contributed by atoms with E-state index in [1.165, 1.54) is 12.1 Å². The number of nitrogens with zero attached hydrogens (tertiary/aromatic N) is 3.